The molecular weight excluding hydrogens is 262 g/mol. The highest BCUT2D eigenvalue weighted by molar-refractivity contribution is 5.92. The number of hydrogen-bond donors (Lipinski definition) is 2. The van der Waals surface area contributed by atoms with E-state index >= 15 is 0 Å². The average Bonchev–Trinajstić information content (AvgIpc) is 2.81. The number of amides is 3. The molecule has 7 nitrogen and oxygen atoms in total. The fraction of sp³-hybridized carbons (Fsp3) is 0.769. The molecule has 0 aromatic rings. The zero-order valence-corrected chi connectivity index (χ0v) is 12.5. The number of likely N-dealkylation sites (N-methyl/N-ethyl adjacent to an activating group) is 1. The second-order valence-electron chi connectivity index (χ2n) is 6.04. The van der Waals surface area contributed by atoms with E-state index in [4.69, 9.17) is 5.21 Å². The number of likely N-dealkylation sites (tertiary alicyclic amines) is 1. The van der Waals surface area contributed by atoms with Gasteiger partial charge in [0.15, 0.2) is 0 Å². The van der Waals surface area contributed by atoms with Crippen LogP contribution in [0.2, 0.25) is 0 Å². The Morgan fingerprint density at radius 3 is 2.45 bits per heavy atom. The van der Waals surface area contributed by atoms with Crippen molar-refractivity contribution in [1.29, 1.82) is 0 Å². The van der Waals surface area contributed by atoms with Gasteiger partial charge in [-0.2, -0.15) is 0 Å². The first-order chi connectivity index (χ1) is 9.14. The summed E-state index contributed by atoms with van der Waals surface area (Å²) in [4.78, 5) is 37.1. The first-order valence-corrected chi connectivity index (χ1v) is 6.69. The van der Waals surface area contributed by atoms with E-state index < -0.39 is 17.4 Å². The highest BCUT2D eigenvalue weighted by Crippen LogP contribution is 2.25. The first kappa shape index (κ1) is 16.4. The topological polar surface area (TPSA) is 89.9 Å². The van der Waals surface area contributed by atoms with E-state index in [9.17, 15) is 14.4 Å². The quantitative estimate of drug-likeness (QED) is 0.563. The maximum atomic E-state index is 12.3. The molecule has 7 heteroatoms. The molecule has 0 aromatic carbocycles. The Morgan fingerprint density at radius 1 is 1.35 bits per heavy atom. The standard InChI is InChI=1S/C13H23N3O4/c1-13(2,3)12(19)16-7-5-6-9(16)11(18)14-8-10(17)15(4)20/h9,20H,5-8H2,1-4H3,(H,14,18). The second-order valence-corrected chi connectivity index (χ2v) is 6.04. The molecule has 1 heterocycles. The van der Waals surface area contributed by atoms with Gasteiger partial charge in [0, 0.05) is 19.0 Å². The summed E-state index contributed by atoms with van der Waals surface area (Å²) in [6, 6.07) is -0.529. The molecule has 114 valence electrons. The predicted octanol–water partition coefficient (Wildman–Crippen LogP) is -0.0127. The lowest BCUT2D eigenvalue weighted by molar-refractivity contribution is -0.159. The van der Waals surface area contributed by atoms with Crippen LogP contribution in [-0.4, -0.2) is 59.1 Å². The van der Waals surface area contributed by atoms with E-state index in [2.05, 4.69) is 5.32 Å². The molecule has 0 saturated carbocycles. The van der Waals surface area contributed by atoms with Crippen LogP contribution in [0.5, 0.6) is 0 Å². The number of nitrogens with zero attached hydrogens (tertiary/aromatic N) is 2. The molecule has 0 aromatic heterocycles. The molecule has 0 spiro atoms. The van der Waals surface area contributed by atoms with Crippen molar-refractivity contribution in [3.63, 3.8) is 0 Å². The Hall–Kier alpha value is -1.63. The summed E-state index contributed by atoms with van der Waals surface area (Å²) in [7, 11) is 1.19. The second kappa shape index (κ2) is 6.21. The predicted molar refractivity (Wildman–Crippen MR) is 71.8 cm³/mol. The van der Waals surface area contributed by atoms with Gasteiger partial charge in [-0.3, -0.25) is 19.6 Å². The van der Waals surface area contributed by atoms with Gasteiger partial charge in [-0.1, -0.05) is 20.8 Å². The van der Waals surface area contributed by atoms with E-state index in [1.54, 1.807) is 4.90 Å². The molecule has 1 saturated heterocycles. The Kier molecular flexibility index (Phi) is 5.10. The molecule has 2 N–H and O–H groups in total. The van der Waals surface area contributed by atoms with Crippen LogP contribution in [0, 0.1) is 5.41 Å². The summed E-state index contributed by atoms with van der Waals surface area (Å²) < 4.78 is 0. The third-order valence-electron chi connectivity index (χ3n) is 3.23. The molecule has 0 radical (unpaired) electrons. The van der Waals surface area contributed by atoms with E-state index in [0.717, 1.165) is 6.42 Å². The van der Waals surface area contributed by atoms with Crippen molar-refractivity contribution in [3.05, 3.63) is 0 Å². The number of hydrogen-bond acceptors (Lipinski definition) is 4. The van der Waals surface area contributed by atoms with Gasteiger partial charge in [0.2, 0.25) is 11.8 Å². The van der Waals surface area contributed by atoms with Gasteiger partial charge in [-0.25, -0.2) is 5.06 Å². The van der Waals surface area contributed by atoms with E-state index in [1.165, 1.54) is 7.05 Å². The van der Waals surface area contributed by atoms with Gasteiger partial charge in [0.25, 0.3) is 5.91 Å². The minimum absolute atomic E-state index is 0.0687. The first-order valence-electron chi connectivity index (χ1n) is 6.69. The van der Waals surface area contributed by atoms with Crippen LogP contribution in [0.1, 0.15) is 33.6 Å². The average molecular weight is 285 g/mol. The van der Waals surface area contributed by atoms with Crippen LogP contribution in [-0.2, 0) is 14.4 Å². The lowest BCUT2D eigenvalue weighted by Gasteiger charge is -2.30. The van der Waals surface area contributed by atoms with Crippen molar-refractivity contribution >= 4 is 17.7 Å². The number of carbonyl (C=O) groups excluding carboxylic acids is 3. The molecular formula is C13H23N3O4. The van der Waals surface area contributed by atoms with Gasteiger partial charge in [-0.05, 0) is 12.8 Å². The normalized spacial score (nSPS) is 18.9. The zero-order valence-electron chi connectivity index (χ0n) is 12.5. The van der Waals surface area contributed by atoms with Gasteiger partial charge in [0.1, 0.15) is 6.04 Å². The molecule has 1 rings (SSSR count). The van der Waals surface area contributed by atoms with Crippen molar-refractivity contribution in [2.24, 2.45) is 5.41 Å². The molecule has 1 aliphatic heterocycles. The lowest BCUT2D eigenvalue weighted by Crippen LogP contribution is -2.50. The summed E-state index contributed by atoms with van der Waals surface area (Å²) in [6.07, 6.45) is 1.37. The third kappa shape index (κ3) is 3.93. The summed E-state index contributed by atoms with van der Waals surface area (Å²) >= 11 is 0. The monoisotopic (exact) mass is 285 g/mol. The fourth-order valence-corrected chi connectivity index (χ4v) is 2.11. The number of nitrogens with one attached hydrogen (secondary N) is 1. The van der Waals surface area contributed by atoms with Crippen molar-refractivity contribution in [2.45, 2.75) is 39.7 Å². The van der Waals surface area contributed by atoms with E-state index in [0.29, 0.717) is 18.0 Å². The number of hydroxylamine groups is 2. The van der Waals surface area contributed by atoms with E-state index in [1.807, 2.05) is 20.8 Å². The summed E-state index contributed by atoms with van der Waals surface area (Å²) in [5.74, 6) is -1.03. The maximum Gasteiger partial charge on any atom is 0.265 e. The molecule has 20 heavy (non-hydrogen) atoms. The van der Waals surface area contributed by atoms with Crippen LogP contribution in [0.15, 0.2) is 0 Å². The van der Waals surface area contributed by atoms with Gasteiger partial charge < -0.3 is 10.2 Å². The van der Waals surface area contributed by atoms with Gasteiger partial charge in [0.05, 0.1) is 6.54 Å². The molecule has 1 atom stereocenters. The van der Waals surface area contributed by atoms with Gasteiger partial charge >= 0.3 is 0 Å². The lowest BCUT2D eigenvalue weighted by atomic mass is 9.94. The van der Waals surface area contributed by atoms with Crippen molar-refractivity contribution in [1.82, 2.24) is 15.3 Å². The van der Waals surface area contributed by atoms with Crippen molar-refractivity contribution in [3.8, 4) is 0 Å². The number of carbonyl (C=O) groups is 3. The van der Waals surface area contributed by atoms with Crippen LogP contribution >= 0.6 is 0 Å². The highest BCUT2D eigenvalue weighted by atomic mass is 16.5. The third-order valence-corrected chi connectivity index (χ3v) is 3.23. The molecule has 0 bridgehead atoms. The van der Waals surface area contributed by atoms with Gasteiger partial charge in [-0.15, -0.1) is 0 Å². The summed E-state index contributed by atoms with van der Waals surface area (Å²) in [6.45, 7) is 5.72. The molecule has 1 fully saturated rings. The molecule has 1 aliphatic rings. The fourth-order valence-electron chi connectivity index (χ4n) is 2.11. The highest BCUT2D eigenvalue weighted by Gasteiger charge is 2.38. The smallest absolute Gasteiger partial charge is 0.265 e. The van der Waals surface area contributed by atoms with Crippen LogP contribution in [0.3, 0.4) is 0 Å². The zero-order chi connectivity index (χ0) is 15.5. The summed E-state index contributed by atoms with van der Waals surface area (Å²) in [5, 5.41) is 11.8. The Bertz CT molecular complexity index is 401. The van der Waals surface area contributed by atoms with Crippen LogP contribution in [0.25, 0.3) is 0 Å². The Labute approximate surface area is 118 Å². The largest absolute Gasteiger partial charge is 0.345 e. The molecule has 3 amide bonds. The Balaban J connectivity index is 2.63. The minimum atomic E-state index is -0.606. The molecule has 0 aliphatic carbocycles. The SMILES string of the molecule is CN(O)C(=O)CNC(=O)C1CCCN1C(=O)C(C)(C)C. The van der Waals surface area contributed by atoms with E-state index in [-0.39, 0.29) is 18.4 Å². The van der Waals surface area contributed by atoms with Crippen molar-refractivity contribution in [2.75, 3.05) is 20.1 Å². The Morgan fingerprint density at radius 2 is 1.95 bits per heavy atom. The molecule has 1 unspecified atom stereocenters. The van der Waals surface area contributed by atoms with Crippen molar-refractivity contribution < 1.29 is 19.6 Å². The van der Waals surface area contributed by atoms with Crippen LogP contribution < -0.4 is 5.32 Å². The number of rotatable bonds is 3. The summed E-state index contributed by atoms with van der Waals surface area (Å²) in [5.41, 5.74) is -0.538. The maximum absolute atomic E-state index is 12.3. The van der Waals surface area contributed by atoms with Crippen LogP contribution in [0.4, 0.5) is 0 Å². The minimum Gasteiger partial charge on any atom is -0.345 e.